The minimum absolute atomic E-state index is 0. The summed E-state index contributed by atoms with van der Waals surface area (Å²) in [5, 5.41) is 3.25. The summed E-state index contributed by atoms with van der Waals surface area (Å²) in [7, 11) is 0. The Hall–Kier alpha value is -0.560. The van der Waals surface area contributed by atoms with E-state index in [2.05, 4.69) is 5.32 Å². The molecule has 0 spiro atoms. The first-order valence-electron chi connectivity index (χ1n) is 6.33. The molecule has 1 atom stereocenters. The van der Waals surface area contributed by atoms with Crippen LogP contribution < -0.4 is 5.32 Å². The molecule has 2 nitrogen and oxygen atoms in total. The molecule has 0 bridgehead atoms. The Morgan fingerprint density at radius 3 is 2.43 bits per heavy atom. The predicted octanol–water partition coefficient (Wildman–Crippen LogP) is 3.80. The molecule has 1 aliphatic heterocycles. The first-order valence-corrected chi connectivity index (χ1v) is 6.71. The van der Waals surface area contributed by atoms with Crippen molar-refractivity contribution < 1.29 is 17.6 Å². The molecule has 8 heteroatoms. The zero-order chi connectivity index (χ0) is 14.8. The van der Waals surface area contributed by atoms with Crippen molar-refractivity contribution in [2.45, 2.75) is 18.6 Å². The number of piperazine rings is 1. The Morgan fingerprint density at radius 2 is 1.86 bits per heavy atom. The van der Waals surface area contributed by atoms with Crippen LogP contribution in [0.2, 0.25) is 5.02 Å². The first-order chi connectivity index (χ1) is 9.37. The van der Waals surface area contributed by atoms with Crippen molar-refractivity contribution in [2.24, 2.45) is 0 Å². The van der Waals surface area contributed by atoms with Gasteiger partial charge in [-0.3, -0.25) is 4.90 Å². The normalized spacial score (nSPS) is 18.1. The van der Waals surface area contributed by atoms with E-state index in [1.165, 1.54) is 6.07 Å². The number of benzene rings is 1. The summed E-state index contributed by atoms with van der Waals surface area (Å²) in [6.07, 6.45) is -5.36. The summed E-state index contributed by atoms with van der Waals surface area (Å²) < 4.78 is 51.7. The van der Waals surface area contributed by atoms with Crippen LogP contribution in [-0.2, 0) is 0 Å². The highest BCUT2D eigenvalue weighted by Crippen LogP contribution is 2.37. The monoisotopic (exact) mass is 346 g/mol. The van der Waals surface area contributed by atoms with Crippen molar-refractivity contribution in [3.8, 4) is 0 Å². The van der Waals surface area contributed by atoms with Crippen LogP contribution in [-0.4, -0.2) is 37.3 Å². The highest BCUT2D eigenvalue weighted by molar-refractivity contribution is 6.31. The summed E-state index contributed by atoms with van der Waals surface area (Å²) in [5.41, 5.74) is 0.200. The second kappa shape index (κ2) is 7.63. The van der Waals surface area contributed by atoms with Gasteiger partial charge in [0.15, 0.2) is 0 Å². The molecule has 1 saturated heterocycles. The second-order valence-electron chi connectivity index (χ2n) is 4.79. The van der Waals surface area contributed by atoms with Crippen molar-refractivity contribution in [3.05, 3.63) is 34.6 Å². The van der Waals surface area contributed by atoms with Gasteiger partial charge in [-0.1, -0.05) is 11.6 Å². The summed E-state index contributed by atoms with van der Waals surface area (Å²) >= 11 is 5.96. The lowest BCUT2D eigenvalue weighted by Crippen LogP contribution is -2.46. The van der Waals surface area contributed by atoms with E-state index in [-0.39, 0.29) is 23.0 Å². The molecule has 1 heterocycles. The maximum atomic E-state index is 13.3. The highest BCUT2D eigenvalue weighted by Gasteiger charge is 2.36. The average molecular weight is 347 g/mol. The van der Waals surface area contributed by atoms with Gasteiger partial charge in [0.2, 0.25) is 0 Å². The Morgan fingerprint density at radius 1 is 1.24 bits per heavy atom. The fourth-order valence-corrected chi connectivity index (χ4v) is 2.66. The Balaban J connectivity index is 0.00000220. The fraction of sp³-hybridized carbons (Fsp3) is 0.538. The molecule has 2 rings (SSSR count). The number of hydrogen-bond donors (Lipinski definition) is 1. The molecular weight excluding hydrogens is 331 g/mol. The van der Waals surface area contributed by atoms with E-state index in [0.717, 1.165) is 12.1 Å². The number of rotatable bonds is 3. The van der Waals surface area contributed by atoms with Crippen molar-refractivity contribution in [2.75, 3.05) is 26.2 Å². The summed E-state index contributed by atoms with van der Waals surface area (Å²) in [6, 6.07) is 2.60. The lowest BCUT2D eigenvalue weighted by molar-refractivity contribution is -0.148. The number of alkyl halides is 3. The molecule has 0 unspecified atom stereocenters. The van der Waals surface area contributed by atoms with Gasteiger partial charge in [-0.2, -0.15) is 13.2 Å². The van der Waals surface area contributed by atoms with Gasteiger partial charge in [0.25, 0.3) is 0 Å². The molecule has 0 aliphatic carbocycles. The van der Waals surface area contributed by atoms with Crippen LogP contribution in [0.15, 0.2) is 18.2 Å². The minimum atomic E-state index is -4.33. The number of nitrogens with zero attached hydrogens (tertiary/aromatic N) is 1. The van der Waals surface area contributed by atoms with Crippen LogP contribution in [0.1, 0.15) is 18.0 Å². The Labute approximate surface area is 131 Å². The Kier molecular flexibility index (Phi) is 6.71. The zero-order valence-corrected chi connectivity index (χ0v) is 12.7. The average Bonchev–Trinajstić information content (AvgIpc) is 2.39. The molecule has 0 amide bonds. The van der Waals surface area contributed by atoms with E-state index >= 15 is 0 Å². The number of hydrogen-bond acceptors (Lipinski definition) is 2. The smallest absolute Gasteiger partial charge is 0.314 e. The van der Waals surface area contributed by atoms with Crippen molar-refractivity contribution >= 4 is 24.0 Å². The van der Waals surface area contributed by atoms with Crippen LogP contribution in [0.4, 0.5) is 17.6 Å². The fourth-order valence-electron chi connectivity index (χ4n) is 2.42. The first kappa shape index (κ1) is 18.5. The standard InChI is InChI=1S/C13H15ClF4N2.ClH/c14-11-2-1-9(15)7-10(11)12(8-13(16,17)18)20-5-3-19-4-6-20;/h1-2,7,12,19H,3-6,8H2;1H/t12-;/m0./s1. The molecule has 0 radical (unpaired) electrons. The molecule has 1 fully saturated rings. The highest BCUT2D eigenvalue weighted by atomic mass is 35.5. The van der Waals surface area contributed by atoms with Gasteiger partial charge in [-0.25, -0.2) is 4.39 Å². The maximum Gasteiger partial charge on any atom is 0.390 e. The molecule has 1 aromatic rings. The second-order valence-corrected chi connectivity index (χ2v) is 5.19. The van der Waals surface area contributed by atoms with Crippen molar-refractivity contribution in [3.63, 3.8) is 0 Å². The third-order valence-electron chi connectivity index (χ3n) is 3.33. The lowest BCUT2D eigenvalue weighted by Gasteiger charge is -2.36. The van der Waals surface area contributed by atoms with Crippen LogP contribution in [0.3, 0.4) is 0 Å². The van der Waals surface area contributed by atoms with Gasteiger partial charge in [-0.05, 0) is 23.8 Å². The van der Waals surface area contributed by atoms with Crippen LogP contribution >= 0.6 is 24.0 Å². The van der Waals surface area contributed by atoms with Crippen molar-refractivity contribution in [1.82, 2.24) is 10.2 Å². The van der Waals surface area contributed by atoms with E-state index in [0.29, 0.717) is 26.2 Å². The molecule has 0 aromatic heterocycles. The van der Waals surface area contributed by atoms with Gasteiger partial charge in [0.05, 0.1) is 6.42 Å². The van der Waals surface area contributed by atoms with E-state index in [1.54, 1.807) is 4.90 Å². The maximum absolute atomic E-state index is 13.3. The van der Waals surface area contributed by atoms with Crippen LogP contribution in [0, 0.1) is 5.82 Å². The predicted molar refractivity (Wildman–Crippen MR) is 76.5 cm³/mol. The SMILES string of the molecule is Cl.Fc1ccc(Cl)c([C@H](CC(F)(F)F)N2CCNCC2)c1. The molecule has 120 valence electrons. The van der Waals surface area contributed by atoms with Gasteiger partial charge in [-0.15, -0.1) is 12.4 Å². The van der Waals surface area contributed by atoms with E-state index in [9.17, 15) is 17.6 Å². The van der Waals surface area contributed by atoms with E-state index < -0.39 is 24.5 Å². The number of halogens is 6. The summed E-state index contributed by atoms with van der Waals surface area (Å²) in [4.78, 5) is 1.70. The lowest BCUT2D eigenvalue weighted by atomic mass is 10.0. The third kappa shape index (κ3) is 5.29. The van der Waals surface area contributed by atoms with Crippen molar-refractivity contribution in [1.29, 1.82) is 0 Å². The largest absolute Gasteiger partial charge is 0.390 e. The summed E-state index contributed by atoms with van der Waals surface area (Å²) in [5.74, 6) is -0.577. The van der Waals surface area contributed by atoms with E-state index in [4.69, 9.17) is 11.6 Å². The van der Waals surface area contributed by atoms with Gasteiger partial charge < -0.3 is 5.32 Å². The molecular formula is C13H16Cl2F4N2. The molecule has 1 N–H and O–H groups in total. The van der Waals surface area contributed by atoms with Gasteiger partial charge >= 0.3 is 6.18 Å². The minimum Gasteiger partial charge on any atom is -0.314 e. The number of nitrogens with one attached hydrogen (secondary N) is 1. The topological polar surface area (TPSA) is 15.3 Å². The quantitative estimate of drug-likeness (QED) is 0.837. The molecule has 0 saturated carbocycles. The molecule has 1 aliphatic rings. The van der Waals surface area contributed by atoms with Crippen LogP contribution in [0.25, 0.3) is 0 Å². The summed E-state index contributed by atoms with van der Waals surface area (Å²) in [6.45, 7) is 2.18. The molecule has 21 heavy (non-hydrogen) atoms. The van der Waals surface area contributed by atoms with Gasteiger partial charge in [0, 0.05) is 37.2 Å². The Bertz CT molecular complexity index is 462. The zero-order valence-electron chi connectivity index (χ0n) is 11.1. The van der Waals surface area contributed by atoms with E-state index in [1.807, 2.05) is 0 Å². The van der Waals surface area contributed by atoms with Gasteiger partial charge in [0.1, 0.15) is 5.82 Å². The molecule has 1 aromatic carbocycles. The third-order valence-corrected chi connectivity index (χ3v) is 3.68. The van der Waals surface area contributed by atoms with Crippen LogP contribution in [0.5, 0.6) is 0 Å².